The maximum absolute atomic E-state index is 5.82. The second-order valence-electron chi connectivity index (χ2n) is 6.58. The second-order valence-corrected chi connectivity index (χ2v) is 6.58. The van der Waals surface area contributed by atoms with Crippen molar-refractivity contribution < 1.29 is 9.15 Å². The molecule has 4 rings (SSSR count). The monoisotopic (exact) mass is 351 g/mol. The Labute approximate surface area is 152 Å². The summed E-state index contributed by atoms with van der Waals surface area (Å²) in [5.74, 6) is 1.50. The van der Waals surface area contributed by atoms with Crippen molar-refractivity contribution in [2.24, 2.45) is 0 Å². The lowest BCUT2D eigenvalue weighted by Crippen LogP contribution is -2.46. The number of morpholine rings is 1. The lowest BCUT2D eigenvalue weighted by atomic mass is 10.1. The van der Waals surface area contributed by atoms with Crippen LogP contribution in [0.25, 0.3) is 22.5 Å². The van der Waals surface area contributed by atoms with Gasteiger partial charge in [-0.25, -0.2) is 9.97 Å². The first-order valence-electron chi connectivity index (χ1n) is 8.70. The molecule has 0 radical (unpaired) electrons. The largest absolute Gasteiger partial charge is 0.469 e. The third-order valence-electron chi connectivity index (χ3n) is 4.43. The maximum Gasteiger partial charge on any atom is 0.226 e. The normalized spacial score (nSPS) is 20.3. The van der Waals surface area contributed by atoms with E-state index in [0.717, 1.165) is 41.4 Å². The standard InChI is InChI=1S/C19H21N5O2/c1-12-10-24(11-13(2)26-12)19-22-8-16(17-9-20-5-6-21-17)18(23-19)15-4-7-25-14(15)3/h4-9,12-13H,10-11H2,1-3H3/t12-,13-/m0/s1. The molecule has 0 aliphatic carbocycles. The summed E-state index contributed by atoms with van der Waals surface area (Å²) in [6.07, 6.45) is 8.81. The minimum Gasteiger partial charge on any atom is -0.469 e. The molecule has 3 aromatic heterocycles. The molecular weight excluding hydrogens is 330 g/mol. The van der Waals surface area contributed by atoms with Crippen molar-refractivity contribution >= 4 is 5.95 Å². The molecular formula is C19H21N5O2. The zero-order chi connectivity index (χ0) is 18.1. The molecule has 7 heteroatoms. The molecule has 0 spiro atoms. The van der Waals surface area contributed by atoms with E-state index < -0.39 is 0 Å². The Morgan fingerprint density at radius 3 is 2.50 bits per heavy atom. The summed E-state index contributed by atoms with van der Waals surface area (Å²) in [5.41, 5.74) is 3.30. The fraction of sp³-hybridized carbons (Fsp3) is 0.368. The topological polar surface area (TPSA) is 77.2 Å². The zero-order valence-corrected chi connectivity index (χ0v) is 15.1. The van der Waals surface area contributed by atoms with Gasteiger partial charge in [0.25, 0.3) is 0 Å². The van der Waals surface area contributed by atoms with Gasteiger partial charge in [0.1, 0.15) is 5.76 Å². The number of ether oxygens (including phenoxy) is 1. The smallest absolute Gasteiger partial charge is 0.226 e. The Hall–Kier alpha value is -2.80. The number of hydrogen-bond donors (Lipinski definition) is 0. The van der Waals surface area contributed by atoms with Gasteiger partial charge < -0.3 is 14.1 Å². The molecule has 7 nitrogen and oxygen atoms in total. The van der Waals surface area contributed by atoms with E-state index in [1.54, 1.807) is 24.9 Å². The van der Waals surface area contributed by atoms with Crippen molar-refractivity contribution in [2.75, 3.05) is 18.0 Å². The van der Waals surface area contributed by atoms with Gasteiger partial charge in [0.05, 0.1) is 36.1 Å². The molecule has 1 aliphatic heterocycles. The Kier molecular flexibility index (Phi) is 4.38. The van der Waals surface area contributed by atoms with Gasteiger partial charge in [0.2, 0.25) is 5.95 Å². The predicted octanol–water partition coefficient (Wildman–Crippen LogP) is 3.12. The van der Waals surface area contributed by atoms with E-state index in [2.05, 4.69) is 33.7 Å². The van der Waals surface area contributed by atoms with Crippen LogP contribution in [0.2, 0.25) is 0 Å². The summed E-state index contributed by atoms with van der Waals surface area (Å²) in [5, 5.41) is 0. The average Bonchev–Trinajstić information content (AvgIpc) is 3.07. The molecule has 3 aromatic rings. The Morgan fingerprint density at radius 1 is 1.04 bits per heavy atom. The molecule has 0 N–H and O–H groups in total. The second kappa shape index (κ2) is 6.84. The van der Waals surface area contributed by atoms with Crippen LogP contribution in [0, 0.1) is 6.92 Å². The SMILES string of the molecule is Cc1occc1-c1nc(N2C[C@H](C)O[C@@H](C)C2)ncc1-c1cnccn1. The van der Waals surface area contributed by atoms with E-state index in [-0.39, 0.29) is 12.2 Å². The fourth-order valence-corrected chi connectivity index (χ4v) is 3.33. The Bertz CT molecular complexity index is 886. The van der Waals surface area contributed by atoms with E-state index in [0.29, 0.717) is 5.95 Å². The van der Waals surface area contributed by atoms with Gasteiger partial charge >= 0.3 is 0 Å². The molecule has 0 unspecified atom stereocenters. The molecule has 0 amide bonds. The van der Waals surface area contributed by atoms with Gasteiger partial charge in [-0.1, -0.05) is 0 Å². The zero-order valence-electron chi connectivity index (χ0n) is 15.1. The first-order chi connectivity index (χ1) is 12.6. The van der Waals surface area contributed by atoms with Gasteiger partial charge in [-0.3, -0.25) is 9.97 Å². The van der Waals surface area contributed by atoms with E-state index in [1.165, 1.54) is 0 Å². The van der Waals surface area contributed by atoms with E-state index in [9.17, 15) is 0 Å². The molecule has 2 atom stereocenters. The minimum atomic E-state index is 0.140. The van der Waals surface area contributed by atoms with Crippen LogP contribution in [0.4, 0.5) is 5.95 Å². The van der Waals surface area contributed by atoms with E-state index in [1.807, 2.05) is 19.2 Å². The third-order valence-corrected chi connectivity index (χ3v) is 4.43. The van der Waals surface area contributed by atoms with Gasteiger partial charge in [-0.2, -0.15) is 0 Å². The number of nitrogens with zero attached hydrogens (tertiary/aromatic N) is 5. The summed E-state index contributed by atoms with van der Waals surface area (Å²) in [7, 11) is 0. The number of aromatic nitrogens is 4. The molecule has 0 saturated carbocycles. The molecule has 0 bridgehead atoms. The van der Waals surface area contributed by atoms with Crippen LogP contribution in [0.1, 0.15) is 19.6 Å². The van der Waals surface area contributed by atoms with Crippen molar-refractivity contribution in [3.8, 4) is 22.5 Å². The fourth-order valence-electron chi connectivity index (χ4n) is 3.33. The van der Waals surface area contributed by atoms with Gasteiger partial charge in [-0.15, -0.1) is 0 Å². The Morgan fingerprint density at radius 2 is 1.85 bits per heavy atom. The molecule has 1 saturated heterocycles. The molecule has 1 fully saturated rings. The van der Waals surface area contributed by atoms with Crippen molar-refractivity contribution in [3.05, 3.63) is 42.9 Å². The summed E-state index contributed by atoms with van der Waals surface area (Å²) < 4.78 is 11.3. The van der Waals surface area contributed by atoms with Crippen LogP contribution in [-0.2, 0) is 4.74 Å². The molecule has 0 aromatic carbocycles. The lowest BCUT2D eigenvalue weighted by molar-refractivity contribution is -0.00571. The van der Waals surface area contributed by atoms with Crippen molar-refractivity contribution in [2.45, 2.75) is 33.0 Å². The average molecular weight is 351 g/mol. The highest BCUT2D eigenvalue weighted by atomic mass is 16.5. The molecule has 4 heterocycles. The Balaban J connectivity index is 1.81. The highest BCUT2D eigenvalue weighted by Crippen LogP contribution is 2.33. The number of hydrogen-bond acceptors (Lipinski definition) is 7. The van der Waals surface area contributed by atoms with Gasteiger partial charge in [0.15, 0.2) is 0 Å². The van der Waals surface area contributed by atoms with Crippen LogP contribution < -0.4 is 4.90 Å². The summed E-state index contributed by atoms with van der Waals surface area (Å²) in [6, 6.07) is 1.92. The van der Waals surface area contributed by atoms with Crippen LogP contribution in [0.5, 0.6) is 0 Å². The first-order valence-corrected chi connectivity index (χ1v) is 8.70. The number of rotatable bonds is 3. The number of anilines is 1. The van der Waals surface area contributed by atoms with Crippen LogP contribution in [-0.4, -0.2) is 45.2 Å². The quantitative estimate of drug-likeness (QED) is 0.717. The first kappa shape index (κ1) is 16.7. The van der Waals surface area contributed by atoms with Crippen LogP contribution in [0.15, 0.2) is 41.5 Å². The van der Waals surface area contributed by atoms with Crippen molar-refractivity contribution in [3.63, 3.8) is 0 Å². The molecule has 134 valence electrons. The van der Waals surface area contributed by atoms with Crippen molar-refractivity contribution in [1.82, 2.24) is 19.9 Å². The number of aryl methyl sites for hydroxylation is 1. The summed E-state index contributed by atoms with van der Waals surface area (Å²) >= 11 is 0. The van der Waals surface area contributed by atoms with E-state index >= 15 is 0 Å². The van der Waals surface area contributed by atoms with Gasteiger partial charge in [-0.05, 0) is 26.8 Å². The minimum absolute atomic E-state index is 0.140. The highest BCUT2D eigenvalue weighted by molar-refractivity contribution is 5.79. The maximum atomic E-state index is 5.82. The molecule has 26 heavy (non-hydrogen) atoms. The number of furan rings is 1. The van der Waals surface area contributed by atoms with E-state index in [4.69, 9.17) is 14.1 Å². The summed E-state index contributed by atoms with van der Waals surface area (Å²) in [6.45, 7) is 7.59. The lowest BCUT2D eigenvalue weighted by Gasteiger charge is -2.35. The highest BCUT2D eigenvalue weighted by Gasteiger charge is 2.25. The van der Waals surface area contributed by atoms with Crippen molar-refractivity contribution in [1.29, 1.82) is 0 Å². The summed E-state index contributed by atoms with van der Waals surface area (Å²) in [4.78, 5) is 20.2. The van der Waals surface area contributed by atoms with Gasteiger partial charge in [0, 0.05) is 42.8 Å². The third kappa shape index (κ3) is 3.17. The molecule has 1 aliphatic rings. The predicted molar refractivity (Wildman–Crippen MR) is 97.7 cm³/mol. The van der Waals surface area contributed by atoms with Crippen LogP contribution in [0.3, 0.4) is 0 Å². The van der Waals surface area contributed by atoms with Crippen LogP contribution >= 0.6 is 0 Å².